The Hall–Kier alpha value is -1.86. The first-order valence-corrected chi connectivity index (χ1v) is 5.99. The molecular formula is C14H18N2O2. The van der Waals surface area contributed by atoms with Gasteiger partial charge in [-0.2, -0.15) is 5.26 Å². The fourth-order valence-electron chi connectivity index (χ4n) is 1.66. The molecule has 1 aromatic rings. The second kappa shape index (κ2) is 7.46. The first-order valence-electron chi connectivity index (χ1n) is 5.99. The van der Waals surface area contributed by atoms with Gasteiger partial charge in [0.15, 0.2) is 0 Å². The van der Waals surface area contributed by atoms with Crippen LogP contribution in [0.5, 0.6) is 5.75 Å². The predicted octanol–water partition coefficient (Wildman–Crippen LogP) is 2.05. The van der Waals surface area contributed by atoms with Gasteiger partial charge in [-0.1, -0.05) is 12.1 Å². The van der Waals surface area contributed by atoms with Crippen molar-refractivity contribution in [1.82, 2.24) is 5.32 Å². The highest BCUT2D eigenvalue weighted by Gasteiger charge is 2.03. The molecule has 0 heterocycles. The molecule has 0 saturated heterocycles. The Kier molecular flexibility index (Phi) is 5.89. The van der Waals surface area contributed by atoms with Gasteiger partial charge in [-0.15, -0.1) is 0 Å². The highest BCUT2D eigenvalue weighted by molar-refractivity contribution is 5.69. The first-order chi connectivity index (χ1) is 8.61. The van der Waals surface area contributed by atoms with Crippen molar-refractivity contribution in [2.75, 3.05) is 6.54 Å². The Labute approximate surface area is 108 Å². The smallest absolute Gasteiger partial charge is 0.308 e. The van der Waals surface area contributed by atoms with Gasteiger partial charge in [-0.3, -0.25) is 4.79 Å². The van der Waals surface area contributed by atoms with Crippen molar-refractivity contribution in [2.24, 2.45) is 0 Å². The number of nitrogens with zero attached hydrogens (tertiary/aromatic N) is 1. The SMILES string of the molecule is CC(=O)Oc1ccc(CC(C)NCCC#N)cc1. The number of carbonyl (C=O) groups is 1. The van der Waals surface area contributed by atoms with E-state index in [0.29, 0.717) is 24.8 Å². The summed E-state index contributed by atoms with van der Waals surface area (Å²) >= 11 is 0. The molecule has 4 heteroatoms. The van der Waals surface area contributed by atoms with Crippen molar-refractivity contribution in [2.45, 2.75) is 32.7 Å². The van der Waals surface area contributed by atoms with Crippen molar-refractivity contribution in [3.8, 4) is 11.8 Å². The number of benzene rings is 1. The molecule has 18 heavy (non-hydrogen) atoms. The molecule has 0 aliphatic carbocycles. The molecular weight excluding hydrogens is 228 g/mol. The lowest BCUT2D eigenvalue weighted by Crippen LogP contribution is -2.28. The summed E-state index contributed by atoms with van der Waals surface area (Å²) in [6, 6.07) is 9.89. The average molecular weight is 246 g/mol. The summed E-state index contributed by atoms with van der Waals surface area (Å²) in [4.78, 5) is 10.8. The monoisotopic (exact) mass is 246 g/mol. The lowest BCUT2D eigenvalue weighted by atomic mass is 10.1. The molecule has 0 aliphatic rings. The van der Waals surface area contributed by atoms with Crippen LogP contribution in [0, 0.1) is 11.3 Å². The van der Waals surface area contributed by atoms with E-state index in [9.17, 15) is 4.79 Å². The van der Waals surface area contributed by atoms with Crippen LogP contribution < -0.4 is 10.1 Å². The lowest BCUT2D eigenvalue weighted by Gasteiger charge is -2.12. The molecule has 0 aliphatic heterocycles. The second-order valence-corrected chi connectivity index (χ2v) is 4.21. The van der Waals surface area contributed by atoms with E-state index in [1.54, 1.807) is 12.1 Å². The fourth-order valence-corrected chi connectivity index (χ4v) is 1.66. The zero-order valence-electron chi connectivity index (χ0n) is 10.8. The number of hydrogen-bond donors (Lipinski definition) is 1. The molecule has 96 valence electrons. The summed E-state index contributed by atoms with van der Waals surface area (Å²) in [6.07, 6.45) is 1.40. The van der Waals surface area contributed by atoms with E-state index in [4.69, 9.17) is 10.00 Å². The standard InChI is InChI=1S/C14H18N2O2/c1-11(16-9-3-8-15)10-13-4-6-14(7-5-13)18-12(2)17/h4-7,11,16H,3,9-10H2,1-2H3. The molecule has 0 spiro atoms. The summed E-state index contributed by atoms with van der Waals surface area (Å²) in [5.74, 6) is 0.255. The Bertz CT molecular complexity index is 420. The van der Waals surface area contributed by atoms with Crippen molar-refractivity contribution in [3.05, 3.63) is 29.8 Å². The van der Waals surface area contributed by atoms with Gasteiger partial charge >= 0.3 is 5.97 Å². The summed E-state index contributed by atoms with van der Waals surface area (Å²) in [5.41, 5.74) is 1.17. The third-order valence-electron chi connectivity index (χ3n) is 2.46. The molecule has 1 unspecified atom stereocenters. The highest BCUT2D eigenvalue weighted by Crippen LogP contribution is 2.13. The third-order valence-corrected chi connectivity index (χ3v) is 2.46. The summed E-state index contributed by atoms with van der Waals surface area (Å²) in [5, 5.41) is 11.7. The van der Waals surface area contributed by atoms with E-state index in [-0.39, 0.29) is 5.97 Å². The zero-order valence-corrected chi connectivity index (χ0v) is 10.8. The Morgan fingerprint density at radius 3 is 2.67 bits per heavy atom. The minimum atomic E-state index is -0.311. The number of hydrogen-bond acceptors (Lipinski definition) is 4. The van der Waals surface area contributed by atoms with E-state index >= 15 is 0 Å². The minimum Gasteiger partial charge on any atom is -0.427 e. The molecule has 1 aromatic carbocycles. The van der Waals surface area contributed by atoms with Gasteiger partial charge in [-0.25, -0.2) is 0 Å². The van der Waals surface area contributed by atoms with Crippen LogP contribution in [-0.2, 0) is 11.2 Å². The van der Waals surface area contributed by atoms with Crippen LogP contribution in [0.25, 0.3) is 0 Å². The minimum absolute atomic E-state index is 0.311. The van der Waals surface area contributed by atoms with Gasteiger partial charge < -0.3 is 10.1 Å². The summed E-state index contributed by atoms with van der Waals surface area (Å²) in [6.45, 7) is 4.18. The van der Waals surface area contributed by atoms with Crippen LogP contribution in [0.15, 0.2) is 24.3 Å². The van der Waals surface area contributed by atoms with E-state index in [0.717, 1.165) is 6.42 Å². The number of nitriles is 1. The van der Waals surface area contributed by atoms with Gasteiger partial charge in [0, 0.05) is 25.9 Å². The van der Waals surface area contributed by atoms with E-state index in [2.05, 4.69) is 18.3 Å². The number of rotatable bonds is 6. The predicted molar refractivity (Wildman–Crippen MR) is 69.1 cm³/mol. The average Bonchev–Trinajstić information content (AvgIpc) is 2.31. The number of esters is 1. The number of nitrogens with one attached hydrogen (secondary N) is 1. The first kappa shape index (κ1) is 14.2. The van der Waals surface area contributed by atoms with Crippen LogP contribution in [0.2, 0.25) is 0 Å². The zero-order chi connectivity index (χ0) is 13.4. The van der Waals surface area contributed by atoms with Gasteiger partial charge in [-0.05, 0) is 31.0 Å². The van der Waals surface area contributed by atoms with Crippen molar-refractivity contribution in [1.29, 1.82) is 5.26 Å². The van der Waals surface area contributed by atoms with Crippen molar-refractivity contribution in [3.63, 3.8) is 0 Å². The summed E-state index contributed by atoms with van der Waals surface area (Å²) in [7, 11) is 0. The van der Waals surface area contributed by atoms with Crippen LogP contribution >= 0.6 is 0 Å². The quantitative estimate of drug-likeness (QED) is 0.474. The molecule has 0 saturated carbocycles. The fraction of sp³-hybridized carbons (Fsp3) is 0.429. The summed E-state index contributed by atoms with van der Waals surface area (Å²) < 4.78 is 4.96. The third kappa shape index (κ3) is 5.46. The van der Waals surface area contributed by atoms with Crippen LogP contribution in [0.1, 0.15) is 25.8 Å². The van der Waals surface area contributed by atoms with Gasteiger partial charge in [0.25, 0.3) is 0 Å². The molecule has 4 nitrogen and oxygen atoms in total. The lowest BCUT2D eigenvalue weighted by molar-refractivity contribution is -0.131. The maximum Gasteiger partial charge on any atom is 0.308 e. The normalized spacial score (nSPS) is 11.6. The van der Waals surface area contributed by atoms with Gasteiger partial charge in [0.1, 0.15) is 5.75 Å². The van der Waals surface area contributed by atoms with E-state index in [1.807, 2.05) is 12.1 Å². The second-order valence-electron chi connectivity index (χ2n) is 4.21. The Morgan fingerprint density at radius 1 is 1.44 bits per heavy atom. The van der Waals surface area contributed by atoms with Crippen LogP contribution in [0.3, 0.4) is 0 Å². The molecule has 0 fully saturated rings. The maximum atomic E-state index is 10.8. The molecule has 0 amide bonds. The highest BCUT2D eigenvalue weighted by atomic mass is 16.5. The topological polar surface area (TPSA) is 62.1 Å². The molecule has 0 aromatic heterocycles. The van der Waals surface area contributed by atoms with Gasteiger partial charge in [0.05, 0.1) is 6.07 Å². The van der Waals surface area contributed by atoms with E-state index < -0.39 is 0 Å². The molecule has 1 rings (SSSR count). The number of ether oxygens (including phenoxy) is 1. The molecule has 1 atom stereocenters. The van der Waals surface area contributed by atoms with E-state index in [1.165, 1.54) is 12.5 Å². The van der Waals surface area contributed by atoms with Crippen molar-refractivity contribution < 1.29 is 9.53 Å². The Morgan fingerprint density at radius 2 is 2.11 bits per heavy atom. The van der Waals surface area contributed by atoms with Crippen LogP contribution in [0.4, 0.5) is 0 Å². The van der Waals surface area contributed by atoms with Gasteiger partial charge in [0.2, 0.25) is 0 Å². The molecule has 0 radical (unpaired) electrons. The largest absolute Gasteiger partial charge is 0.427 e. The van der Waals surface area contributed by atoms with Crippen LogP contribution in [-0.4, -0.2) is 18.6 Å². The molecule has 0 bridgehead atoms. The Balaban J connectivity index is 2.43. The number of carbonyl (C=O) groups excluding carboxylic acids is 1. The maximum absolute atomic E-state index is 10.8. The van der Waals surface area contributed by atoms with Crippen molar-refractivity contribution >= 4 is 5.97 Å². The molecule has 1 N–H and O–H groups in total.